The number of amides is 1. The summed E-state index contributed by atoms with van der Waals surface area (Å²) in [6.45, 7) is 3.49. The molecule has 1 saturated heterocycles. The lowest BCUT2D eigenvalue weighted by Crippen LogP contribution is -2.43. The SMILES string of the molecule is C[C@H](C(=O)N1CCC[C@@H](n2cccn2)C1)n1cnc2ccccc21. The molecule has 6 nitrogen and oxygen atoms in total. The molecule has 4 rings (SSSR count). The van der Waals surface area contributed by atoms with Gasteiger partial charge in [0.2, 0.25) is 5.91 Å². The number of fused-ring (bicyclic) bond motifs is 1. The summed E-state index contributed by atoms with van der Waals surface area (Å²) in [6, 6.07) is 9.86. The van der Waals surface area contributed by atoms with Gasteiger partial charge in [-0.25, -0.2) is 4.98 Å². The first-order chi connectivity index (χ1) is 11.7. The largest absolute Gasteiger partial charge is 0.339 e. The first kappa shape index (κ1) is 14.9. The summed E-state index contributed by atoms with van der Waals surface area (Å²) < 4.78 is 3.94. The third-order valence-corrected chi connectivity index (χ3v) is 4.86. The van der Waals surface area contributed by atoms with Crippen LogP contribution >= 0.6 is 0 Å². The van der Waals surface area contributed by atoms with Crippen LogP contribution in [0.25, 0.3) is 11.0 Å². The summed E-state index contributed by atoms with van der Waals surface area (Å²) in [5.74, 6) is 0.148. The van der Waals surface area contributed by atoms with Crippen LogP contribution in [-0.4, -0.2) is 43.2 Å². The van der Waals surface area contributed by atoms with Gasteiger partial charge in [-0.05, 0) is 38.0 Å². The molecule has 0 N–H and O–H groups in total. The fraction of sp³-hybridized carbons (Fsp3) is 0.389. The van der Waals surface area contributed by atoms with E-state index in [1.54, 1.807) is 12.5 Å². The van der Waals surface area contributed by atoms with E-state index in [1.807, 2.05) is 57.6 Å². The number of likely N-dealkylation sites (tertiary alicyclic amines) is 1. The molecule has 124 valence electrons. The van der Waals surface area contributed by atoms with E-state index in [9.17, 15) is 4.79 Å². The van der Waals surface area contributed by atoms with E-state index in [2.05, 4.69) is 10.1 Å². The van der Waals surface area contributed by atoms with Crippen LogP contribution < -0.4 is 0 Å². The third-order valence-electron chi connectivity index (χ3n) is 4.86. The van der Waals surface area contributed by atoms with Gasteiger partial charge in [0.25, 0.3) is 0 Å². The lowest BCUT2D eigenvalue weighted by molar-refractivity contribution is -0.135. The van der Waals surface area contributed by atoms with Crippen LogP contribution in [-0.2, 0) is 4.79 Å². The van der Waals surface area contributed by atoms with Crippen LogP contribution in [0.4, 0.5) is 0 Å². The fourth-order valence-corrected chi connectivity index (χ4v) is 3.54. The topological polar surface area (TPSA) is 56.0 Å². The number of carbonyl (C=O) groups is 1. The summed E-state index contributed by atoms with van der Waals surface area (Å²) in [4.78, 5) is 19.4. The number of hydrogen-bond donors (Lipinski definition) is 0. The van der Waals surface area contributed by atoms with Crippen LogP contribution in [0.15, 0.2) is 49.1 Å². The van der Waals surface area contributed by atoms with Crippen molar-refractivity contribution in [2.75, 3.05) is 13.1 Å². The number of nitrogens with zero attached hydrogens (tertiary/aromatic N) is 5. The van der Waals surface area contributed by atoms with Crippen molar-refractivity contribution in [1.29, 1.82) is 0 Å². The highest BCUT2D eigenvalue weighted by Crippen LogP contribution is 2.24. The third kappa shape index (κ3) is 2.58. The van der Waals surface area contributed by atoms with E-state index < -0.39 is 0 Å². The Kier molecular flexibility index (Phi) is 3.80. The van der Waals surface area contributed by atoms with E-state index in [-0.39, 0.29) is 18.0 Å². The monoisotopic (exact) mass is 323 g/mol. The minimum Gasteiger partial charge on any atom is -0.339 e. The second-order valence-electron chi connectivity index (χ2n) is 6.38. The van der Waals surface area contributed by atoms with Gasteiger partial charge in [-0.3, -0.25) is 9.48 Å². The van der Waals surface area contributed by atoms with Gasteiger partial charge in [0, 0.05) is 25.5 Å². The lowest BCUT2D eigenvalue weighted by Gasteiger charge is -2.34. The smallest absolute Gasteiger partial charge is 0.245 e. The summed E-state index contributed by atoms with van der Waals surface area (Å²) in [5, 5.41) is 4.33. The standard InChI is InChI=1S/C18H21N5O/c1-14(22-13-19-16-7-2-3-8-17(16)22)18(24)21-10-4-6-15(12-21)23-11-5-9-20-23/h2-3,5,7-9,11,13-15H,4,6,10,12H2,1H3/t14-,15-/m1/s1. The predicted molar refractivity (Wildman–Crippen MR) is 91.5 cm³/mol. The molecule has 0 aliphatic carbocycles. The lowest BCUT2D eigenvalue weighted by atomic mass is 10.0. The van der Waals surface area contributed by atoms with Crippen molar-refractivity contribution < 1.29 is 4.79 Å². The fourth-order valence-electron chi connectivity index (χ4n) is 3.54. The van der Waals surface area contributed by atoms with Gasteiger partial charge in [0.1, 0.15) is 6.04 Å². The second kappa shape index (κ2) is 6.11. The van der Waals surface area contributed by atoms with Gasteiger partial charge in [-0.15, -0.1) is 0 Å². The van der Waals surface area contributed by atoms with Crippen LogP contribution in [0.2, 0.25) is 0 Å². The quantitative estimate of drug-likeness (QED) is 0.744. The van der Waals surface area contributed by atoms with Crippen LogP contribution in [0, 0.1) is 0 Å². The number of rotatable bonds is 3. The molecule has 1 aliphatic rings. The van der Waals surface area contributed by atoms with Gasteiger partial charge < -0.3 is 9.47 Å². The Balaban J connectivity index is 1.54. The Morgan fingerprint density at radius 1 is 1.29 bits per heavy atom. The maximum absolute atomic E-state index is 13.0. The molecular formula is C18H21N5O. The number of aromatic nitrogens is 4. The molecule has 0 unspecified atom stereocenters. The minimum atomic E-state index is -0.256. The van der Waals surface area contributed by atoms with E-state index in [4.69, 9.17) is 0 Å². The highest BCUT2D eigenvalue weighted by atomic mass is 16.2. The van der Waals surface area contributed by atoms with Gasteiger partial charge in [-0.2, -0.15) is 5.10 Å². The molecule has 0 saturated carbocycles. The van der Waals surface area contributed by atoms with Crippen molar-refractivity contribution in [3.8, 4) is 0 Å². The molecule has 1 aromatic carbocycles. The van der Waals surface area contributed by atoms with Crippen molar-refractivity contribution in [2.24, 2.45) is 0 Å². The molecule has 3 aromatic rings. The van der Waals surface area contributed by atoms with Gasteiger partial charge >= 0.3 is 0 Å². The highest BCUT2D eigenvalue weighted by Gasteiger charge is 2.29. The maximum Gasteiger partial charge on any atom is 0.245 e. The molecule has 6 heteroatoms. The van der Waals surface area contributed by atoms with Crippen molar-refractivity contribution >= 4 is 16.9 Å². The Bertz CT molecular complexity index is 838. The van der Waals surface area contributed by atoms with Crippen molar-refractivity contribution in [3.63, 3.8) is 0 Å². The summed E-state index contributed by atoms with van der Waals surface area (Å²) in [7, 11) is 0. The molecule has 1 amide bonds. The number of imidazole rings is 1. The Hall–Kier alpha value is -2.63. The number of hydrogen-bond acceptors (Lipinski definition) is 3. The van der Waals surface area contributed by atoms with E-state index >= 15 is 0 Å². The summed E-state index contributed by atoms with van der Waals surface area (Å²) in [5.41, 5.74) is 1.92. The summed E-state index contributed by atoms with van der Waals surface area (Å²) in [6.07, 6.45) is 7.61. The van der Waals surface area contributed by atoms with Gasteiger partial charge in [0.05, 0.1) is 23.4 Å². The Morgan fingerprint density at radius 3 is 3.00 bits per heavy atom. The van der Waals surface area contributed by atoms with Gasteiger partial charge in [-0.1, -0.05) is 12.1 Å². The van der Waals surface area contributed by atoms with E-state index in [0.29, 0.717) is 0 Å². The normalized spacial score (nSPS) is 19.5. The number of piperidine rings is 1. The van der Waals surface area contributed by atoms with Crippen molar-refractivity contribution in [2.45, 2.75) is 31.8 Å². The molecule has 0 radical (unpaired) electrons. The zero-order valence-electron chi connectivity index (χ0n) is 13.7. The average molecular weight is 323 g/mol. The Morgan fingerprint density at radius 2 is 2.17 bits per heavy atom. The number of carbonyl (C=O) groups excluding carboxylic acids is 1. The molecule has 0 bridgehead atoms. The minimum absolute atomic E-state index is 0.148. The van der Waals surface area contributed by atoms with Crippen molar-refractivity contribution in [1.82, 2.24) is 24.2 Å². The predicted octanol–water partition coefficient (Wildman–Crippen LogP) is 2.66. The second-order valence-corrected chi connectivity index (χ2v) is 6.38. The maximum atomic E-state index is 13.0. The van der Waals surface area contributed by atoms with Crippen LogP contribution in [0.1, 0.15) is 31.8 Å². The first-order valence-electron chi connectivity index (χ1n) is 8.43. The van der Waals surface area contributed by atoms with Crippen molar-refractivity contribution in [3.05, 3.63) is 49.1 Å². The highest BCUT2D eigenvalue weighted by molar-refractivity contribution is 5.83. The zero-order valence-corrected chi connectivity index (χ0v) is 13.7. The van der Waals surface area contributed by atoms with Gasteiger partial charge in [0.15, 0.2) is 0 Å². The van der Waals surface area contributed by atoms with E-state index in [0.717, 1.165) is 37.0 Å². The number of benzene rings is 1. The average Bonchev–Trinajstić information content (AvgIpc) is 3.30. The summed E-state index contributed by atoms with van der Waals surface area (Å²) >= 11 is 0. The van der Waals surface area contributed by atoms with Crippen LogP contribution in [0.3, 0.4) is 0 Å². The molecule has 1 aliphatic heterocycles. The molecule has 0 spiro atoms. The van der Waals surface area contributed by atoms with E-state index in [1.165, 1.54) is 0 Å². The number of para-hydroxylation sites is 2. The first-order valence-corrected chi connectivity index (χ1v) is 8.43. The van der Waals surface area contributed by atoms with Crippen LogP contribution in [0.5, 0.6) is 0 Å². The molecule has 3 heterocycles. The molecule has 2 aromatic heterocycles. The molecule has 2 atom stereocenters. The molecule has 24 heavy (non-hydrogen) atoms. The zero-order chi connectivity index (χ0) is 16.5. The molecular weight excluding hydrogens is 302 g/mol. The molecule has 1 fully saturated rings. The Labute approximate surface area is 140 Å².